The Hall–Kier alpha value is -2.58. The molecule has 0 bridgehead atoms. The number of aromatic nitrogens is 3. The van der Waals surface area contributed by atoms with Gasteiger partial charge in [-0.15, -0.1) is 10.2 Å². The van der Waals surface area contributed by atoms with Crippen molar-refractivity contribution in [3.05, 3.63) is 65.2 Å². The van der Waals surface area contributed by atoms with Crippen LogP contribution >= 0.6 is 23.4 Å². The zero-order chi connectivity index (χ0) is 20.8. The first kappa shape index (κ1) is 21.1. The maximum absolute atomic E-state index is 13.2. The fraction of sp³-hybridized carbons (Fsp3) is 0.250. The van der Waals surface area contributed by atoms with Gasteiger partial charge in [0.15, 0.2) is 17.1 Å². The van der Waals surface area contributed by atoms with Gasteiger partial charge in [0, 0.05) is 12.2 Å². The average molecular weight is 435 g/mol. The number of nitrogens with zero attached hydrogens (tertiary/aromatic N) is 3. The van der Waals surface area contributed by atoms with E-state index in [9.17, 15) is 9.18 Å². The molecule has 152 valence electrons. The second kappa shape index (κ2) is 9.76. The second-order valence-corrected chi connectivity index (χ2v) is 7.47. The SMILES string of the molecule is CCn1c(SCC(=O)Nc2cccc(F)c2)nnc1C(C)Oc1ccccc1Cl. The van der Waals surface area contributed by atoms with Crippen molar-refractivity contribution in [1.29, 1.82) is 0 Å². The third kappa shape index (κ3) is 5.48. The van der Waals surface area contributed by atoms with Crippen molar-refractivity contribution in [3.63, 3.8) is 0 Å². The van der Waals surface area contributed by atoms with E-state index in [-0.39, 0.29) is 17.8 Å². The van der Waals surface area contributed by atoms with Crippen molar-refractivity contribution in [2.75, 3.05) is 11.1 Å². The zero-order valence-electron chi connectivity index (χ0n) is 15.9. The van der Waals surface area contributed by atoms with Gasteiger partial charge < -0.3 is 14.6 Å². The smallest absolute Gasteiger partial charge is 0.234 e. The van der Waals surface area contributed by atoms with Gasteiger partial charge in [-0.2, -0.15) is 0 Å². The largest absolute Gasteiger partial charge is 0.481 e. The topological polar surface area (TPSA) is 69.0 Å². The summed E-state index contributed by atoms with van der Waals surface area (Å²) in [6.45, 7) is 4.45. The maximum Gasteiger partial charge on any atom is 0.234 e. The van der Waals surface area contributed by atoms with Crippen molar-refractivity contribution < 1.29 is 13.9 Å². The number of halogens is 2. The molecule has 0 aliphatic rings. The molecule has 1 amide bonds. The highest BCUT2D eigenvalue weighted by atomic mass is 35.5. The van der Waals surface area contributed by atoms with Crippen LogP contribution in [0.4, 0.5) is 10.1 Å². The molecule has 6 nitrogen and oxygen atoms in total. The zero-order valence-corrected chi connectivity index (χ0v) is 17.5. The van der Waals surface area contributed by atoms with Gasteiger partial charge in [-0.3, -0.25) is 4.79 Å². The van der Waals surface area contributed by atoms with Gasteiger partial charge in [0.05, 0.1) is 10.8 Å². The van der Waals surface area contributed by atoms with Crippen LogP contribution < -0.4 is 10.1 Å². The third-order valence-electron chi connectivity index (χ3n) is 4.01. The number of thioether (sulfide) groups is 1. The van der Waals surface area contributed by atoms with Crippen LogP contribution in [0.15, 0.2) is 53.7 Å². The molecule has 1 heterocycles. The molecule has 0 saturated carbocycles. The van der Waals surface area contributed by atoms with E-state index in [1.807, 2.05) is 30.5 Å². The molecule has 1 unspecified atom stereocenters. The Morgan fingerprint density at radius 1 is 1.28 bits per heavy atom. The minimum absolute atomic E-state index is 0.119. The monoisotopic (exact) mass is 434 g/mol. The van der Waals surface area contributed by atoms with Gasteiger partial charge in [-0.25, -0.2) is 4.39 Å². The van der Waals surface area contributed by atoms with Crippen LogP contribution in [-0.4, -0.2) is 26.4 Å². The Morgan fingerprint density at radius 2 is 2.07 bits per heavy atom. The first-order chi connectivity index (χ1) is 14.0. The van der Waals surface area contributed by atoms with E-state index in [0.717, 1.165) is 0 Å². The Balaban J connectivity index is 1.64. The lowest BCUT2D eigenvalue weighted by molar-refractivity contribution is -0.113. The normalized spacial score (nSPS) is 11.9. The summed E-state index contributed by atoms with van der Waals surface area (Å²) >= 11 is 7.41. The lowest BCUT2D eigenvalue weighted by Crippen LogP contribution is -2.15. The molecule has 9 heteroatoms. The van der Waals surface area contributed by atoms with E-state index in [1.54, 1.807) is 24.3 Å². The van der Waals surface area contributed by atoms with Crippen LogP contribution in [0.3, 0.4) is 0 Å². The molecule has 0 aliphatic carbocycles. The second-order valence-electron chi connectivity index (χ2n) is 6.12. The predicted molar refractivity (Wildman–Crippen MR) is 112 cm³/mol. The first-order valence-electron chi connectivity index (χ1n) is 9.00. The van der Waals surface area contributed by atoms with Crippen LogP contribution in [0.25, 0.3) is 0 Å². The number of benzene rings is 2. The Bertz CT molecular complexity index is 998. The van der Waals surface area contributed by atoms with Crippen LogP contribution in [0.1, 0.15) is 25.8 Å². The van der Waals surface area contributed by atoms with Crippen molar-refractivity contribution in [2.24, 2.45) is 0 Å². The summed E-state index contributed by atoms with van der Waals surface area (Å²) in [4.78, 5) is 12.2. The molecule has 0 aliphatic heterocycles. The summed E-state index contributed by atoms with van der Waals surface area (Å²) < 4.78 is 21.0. The highest BCUT2D eigenvalue weighted by molar-refractivity contribution is 7.99. The Morgan fingerprint density at radius 3 is 2.79 bits per heavy atom. The fourth-order valence-corrected chi connectivity index (χ4v) is 3.67. The number of nitrogens with one attached hydrogen (secondary N) is 1. The number of amides is 1. The molecule has 3 aromatic rings. The molecule has 0 radical (unpaired) electrons. The average Bonchev–Trinajstić information content (AvgIpc) is 3.11. The minimum Gasteiger partial charge on any atom is -0.481 e. The number of rotatable bonds is 8. The van der Waals surface area contributed by atoms with Crippen molar-refractivity contribution in [2.45, 2.75) is 31.7 Å². The minimum atomic E-state index is -0.404. The number of ether oxygens (including phenoxy) is 1. The van der Waals surface area contributed by atoms with Crippen LogP contribution in [-0.2, 0) is 11.3 Å². The summed E-state index contributed by atoms with van der Waals surface area (Å²) in [5.74, 6) is 0.664. The molecule has 3 rings (SSSR count). The fourth-order valence-electron chi connectivity index (χ4n) is 2.68. The van der Waals surface area contributed by atoms with E-state index in [4.69, 9.17) is 16.3 Å². The summed E-state index contributed by atoms with van der Waals surface area (Å²) in [6, 6.07) is 13.0. The molecule has 1 N–H and O–H groups in total. The van der Waals surface area contributed by atoms with E-state index in [2.05, 4.69) is 15.5 Å². The molecule has 0 spiro atoms. The third-order valence-corrected chi connectivity index (χ3v) is 5.29. The molecular weight excluding hydrogens is 415 g/mol. The highest BCUT2D eigenvalue weighted by Gasteiger charge is 2.20. The van der Waals surface area contributed by atoms with E-state index in [1.165, 1.54) is 23.9 Å². The van der Waals surface area contributed by atoms with Crippen LogP contribution in [0, 0.1) is 5.82 Å². The van der Waals surface area contributed by atoms with Crippen LogP contribution in [0.5, 0.6) is 5.75 Å². The molecular formula is C20H20ClFN4O2S. The lowest BCUT2D eigenvalue weighted by atomic mass is 10.3. The molecule has 1 aromatic heterocycles. The first-order valence-corrected chi connectivity index (χ1v) is 10.4. The molecule has 0 fully saturated rings. The number of anilines is 1. The predicted octanol–water partition coefficient (Wildman–Crippen LogP) is 4.96. The summed E-state index contributed by atoms with van der Waals surface area (Å²) in [5, 5.41) is 12.2. The van der Waals surface area contributed by atoms with Gasteiger partial charge in [0.25, 0.3) is 0 Å². The van der Waals surface area contributed by atoms with Gasteiger partial charge in [-0.05, 0) is 44.2 Å². The van der Waals surface area contributed by atoms with Crippen LogP contribution in [0.2, 0.25) is 5.02 Å². The van der Waals surface area contributed by atoms with E-state index in [0.29, 0.717) is 34.0 Å². The number of carbonyl (C=O) groups excluding carboxylic acids is 1. The molecule has 2 aromatic carbocycles. The molecule has 1 atom stereocenters. The van der Waals surface area contributed by atoms with Gasteiger partial charge in [0.1, 0.15) is 11.6 Å². The Kier molecular flexibility index (Phi) is 7.11. The maximum atomic E-state index is 13.2. The van der Waals surface area contributed by atoms with Crippen molar-refractivity contribution in [1.82, 2.24) is 14.8 Å². The molecule has 0 saturated heterocycles. The van der Waals surface area contributed by atoms with Gasteiger partial charge in [0.2, 0.25) is 5.91 Å². The lowest BCUT2D eigenvalue weighted by Gasteiger charge is -2.16. The van der Waals surface area contributed by atoms with Gasteiger partial charge in [-0.1, -0.05) is 41.6 Å². The standard InChI is InChI=1S/C20H20ClFN4O2S/c1-3-26-19(13(2)28-17-10-5-4-9-16(17)21)24-25-20(26)29-12-18(27)23-15-8-6-7-14(22)11-15/h4-11,13H,3,12H2,1-2H3,(H,23,27). The quantitative estimate of drug-likeness (QED) is 0.507. The number of carbonyl (C=O) groups is 1. The van der Waals surface area contributed by atoms with E-state index >= 15 is 0 Å². The van der Waals surface area contributed by atoms with Crippen molar-refractivity contribution in [3.8, 4) is 5.75 Å². The Labute approximate surface area is 177 Å². The number of hydrogen-bond donors (Lipinski definition) is 1. The van der Waals surface area contributed by atoms with E-state index < -0.39 is 5.82 Å². The summed E-state index contributed by atoms with van der Waals surface area (Å²) in [5.41, 5.74) is 0.412. The van der Waals surface area contributed by atoms with Gasteiger partial charge >= 0.3 is 0 Å². The summed E-state index contributed by atoms with van der Waals surface area (Å²) in [7, 11) is 0. The summed E-state index contributed by atoms with van der Waals surface area (Å²) in [6.07, 6.45) is -0.377. The number of hydrogen-bond acceptors (Lipinski definition) is 5. The highest BCUT2D eigenvalue weighted by Crippen LogP contribution is 2.29. The number of para-hydroxylation sites is 1. The molecule has 29 heavy (non-hydrogen) atoms. The van der Waals surface area contributed by atoms with Crippen molar-refractivity contribution >= 4 is 35.0 Å².